The van der Waals surface area contributed by atoms with E-state index >= 15 is 0 Å². The van der Waals surface area contributed by atoms with Gasteiger partial charge in [-0.05, 0) is 38.1 Å². The van der Waals surface area contributed by atoms with Gasteiger partial charge in [-0.25, -0.2) is 0 Å². The maximum absolute atomic E-state index is 3.60. The third-order valence-electron chi connectivity index (χ3n) is 3.69. The smallest absolute Gasteiger partial charge is 0.0159 e. The number of halogens is 1. The van der Waals surface area contributed by atoms with Crippen LogP contribution in [-0.2, 0) is 0 Å². The Bertz CT molecular complexity index is 164. The van der Waals surface area contributed by atoms with Crippen molar-refractivity contribution in [3.8, 4) is 0 Å². The Hall–Kier alpha value is 0.440. The van der Waals surface area contributed by atoms with E-state index in [2.05, 4.69) is 34.7 Å². The first-order chi connectivity index (χ1) is 7.74. The molecular formula is C14H28BrN. The largest absolute Gasteiger partial charge is 0.300 e. The zero-order chi connectivity index (χ0) is 11.8. The van der Waals surface area contributed by atoms with E-state index in [1.54, 1.807) is 0 Å². The summed E-state index contributed by atoms with van der Waals surface area (Å²) < 4.78 is 0. The second-order valence-corrected chi connectivity index (χ2v) is 6.35. The molecule has 0 bridgehead atoms. The van der Waals surface area contributed by atoms with Crippen LogP contribution in [0.1, 0.15) is 58.8 Å². The molecule has 0 N–H and O–H groups in total. The van der Waals surface area contributed by atoms with Crippen LogP contribution in [-0.4, -0.2) is 29.4 Å². The lowest BCUT2D eigenvalue weighted by atomic mass is 9.94. The fraction of sp³-hybridized carbons (Fsp3) is 1.00. The zero-order valence-corrected chi connectivity index (χ0v) is 12.6. The first kappa shape index (κ1) is 14.5. The molecule has 96 valence electrons. The van der Waals surface area contributed by atoms with Crippen LogP contribution in [0.15, 0.2) is 0 Å². The first-order valence-corrected chi connectivity index (χ1v) is 8.16. The van der Waals surface area contributed by atoms with Crippen LogP contribution in [0.4, 0.5) is 0 Å². The lowest BCUT2D eigenvalue weighted by Crippen LogP contribution is -2.38. The van der Waals surface area contributed by atoms with Gasteiger partial charge in [-0.1, -0.05) is 49.0 Å². The predicted molar refractivity (Wildman–Crippen MR) is 76.3 cm³/mol. The van der Waals surface area contributed by atoms with E-state index in [0.29, 0.717) is 0 Å². The van der Waals surface area contributed by atoms with Crippen LogP contribution in [0.3, 0.4) is 0 Å². The Morgan fingerprint density at radius 1 is 1.12 bits per heavy atom. The zero-order valence-electron chi connectivity index (χ0n) is 11.1. The Balaban J connectivity index is 2.27. The third-order valence-corrected chi connectivity index (χ3v) is 4.04. The van der Waals surface area contributed by atoms with Crippen molar-refractivity contribution in [3.63, 3.8) is 0 Å². The van der Waals surface area contributed by atoms with E-state index in [0.717, 1.165) is 17.3 Å². The van der Waals surface area contributed by atoms with Gasteiger partial charge in [0.05, 0.1) is 0 Å². The van der Waals surface area contributed by atoms with Crippen LogP contribution in [0, 0.1) is 5.92 Å². The summed E-state index contributed by atoms with van der Waals surface area (Å²) in [6, 6.07) is 0.887. The minimum Gasteiger partial charge on any atom is -0.300 e. The van der Waals surface area contributed by atoms with E-state index < -0.39 is 0 Å². The van der Waals surface area contributed by atoms with Crippen molar-refractivity contribution in [3.05, 3.63) is 0 Å². The van der Waals surface area contributed by atoms with Crippen LogP contribution < -0.4 is 0 Å². The summed E-state index contributed by atoms with van der Waals surface area (Å²) in [7, 11) is 0. The van der Waals surface area contributed by atoms with Crippen LogP contribution in [0.5, 0.6) is 0 Å². The van der Waals surface area contributed by atoms with E-state index in [4.69, 9.17) is 0 Å². The van der Waals surface area contributed by atoms with Crippen molar-refractivity contribution >= 4 is 15.9 Å². The number of nitrogens with zero attached hydrogens (tertiary/aromatic N) is 1. The predicted octanol–water partition coefficient (Wildman–Crippen LogP) is 4.45. The summed E-state index contributed by atoms with van der Waals surface area (Å²) in [6.45, 7) is 7.21. The molecule has 0 saturated heterocycles. The minimum absolute atomic E-state index is 0.858. The number of alkyl halides is 1. The van der Waals surface area contributed by atoms with E-state index in [1.807, 2.05) is 0 Å². The van der Waals surface area contributed by atoms with E-state index in [9.17, 15) is 0 Å². The molecule has 1 rings (SSSR count). The number of hydrogen-bond acceptors (Lipinski definition) is 1. The molecule has 0 spiro atoms. The summed E-state index contributed by atoms with van der Waals surface area (Å²) >= 11 is 3.60. The highest BCUT2D eigenvalue weighted by Crippen LogP contribution is 2.23. The van der Waals surface area contributed by atoms with Gasteiger partial charge in [0.25, 0.3) is 0 Å². The lowest BCUT2D eigenvalue weighted by Gasteiger charge is -2.34. The first-order valence-electron chi connectivity index (χ1n) is 7.04. The van der Waals surface area contributed by atoms with E-state index in [1.165, 1.54) is 58.0 Å². The van der Waals surface area contributed by atoms with Gasteiger partial charge in [-0.2, -0.15) is 0 Å². The number of hydrogen-bond donors (Lipinski definition) is 0. The summed E-state index contributed by atoms with van der Waals surface area (Å²) in [5, 5.41) is 1.13. The van der Waals surface area contributed by atoms with Gasteiger partial charge in [0.2, 0.25) is 0 Å². The molecular weight excluding hydrogens is 262 g/mol. The molecule has 0 aromatic heterocycles. The molecule has 0 atom stereocenters. The lowest BCUT2D eigenvalue weighted by molar-refractivity contribution is 0.161. The molecule has 2 heteroatoms. The quantitative estimate of drug-likeness (QED) is 0.626. The van der Waals surface area contributed by atoms with Gasteiger partial charge >= 0.3 is 0 Å². The average Bonchev–Trinajstić information content (AvgIpc) is 2.29. The third kappa shape index (κ3) is 5.67. The molecule has 16 heavy (non-hydrogen) atoms. The normalized spacial score (nSPS) is 18.6. The highest BCUT2D eigenvalue weighted by Gasteiger charge is 2.19. The van der Waals surface area contributed by atoms with Gasteiger partial charge in [-0.15, -0.1) is 0 Å². The van der Waals surface area contributed by atoms with Gasteiger partial charge in [0, 0.05) is 17.9 Å². The molecule has 0 amide bonds. The molecule has 0 aliphatic heterocycles. The van der Waals surface area contributed by atoms with Crippen molar-refractivity contribution in [1.29, 1.82) is 0 Å². The van der Waals surface area contributed by atoms with Gasteiger partial charge < -0.3 is 0 Å². The molecule has 1 nitrogen and oxygen atoms in total. The van der Waals surface area contributed by atoms with Crippen LogP contribution in [0.2, 0.25) is 0 Å². The molecule has 0 radical (unpaired) electrons. The molecule has 0 aromatic carbocycles. The summed E-state index contributed by atoms with van der Waals surface area (Å²) in [6.07, 6.45) is 10.0. The fourth-order valence-electron chi connectivity index (χ4n) is 2.73. The highest BCUT2D eigenvalue weighted by atomic mass is 79.9. The maximum atomic E-state index is 3.60. The Labute approximate surface area is 110 Å². The SMILES string of the molecule is CC(C)CCCN(CCBr)C1CCCCC1. The fourth-order valence-corrected chi connectivity index (χ4v) is 3.19. The van der Waals surface area contributed by atoms with Crippen molar-refractivity contribution in [2.45, 2.75) is 64.8 Å². The molecule has 1 aliphatic rings. The van der Waals surface area contributed by atoms with Crippen molar-refractivity contribution in [2.75, 3.05) is 18.4 Å². The minimum atomic E-state index is 0.858. The van der Waals surface area contributed by atoms with Gasteiger partial charge in [0.1, 0.15) is 0 Å². The maximum Gasteiger partial charge on any atom is 0.0159 e. The summed E-state index contributed by atoms with van der Waals surface area (Å²) in [4.78, 5) is 2.73. The standard InChI is InChI=1S/C14H28BrN/c1-13(2)7-6-11-16(12-10-15)14-8-4-3-5-9-14/h13-14H,3-12H2,1-2H3. The number of rotatable bonds is 7. The Morgan fingerprint density at radius 3 is 2.38 bits per heavy atom. The van der Waals surface area contributed by atoms with Crippen molar-refractivity contribution < 1.29 is 0 Å². The van der Waals surface area contributed by atoms with Gasteiger partial charge in [0.15, 0.2) is 0 Å². The topological polar surface area (TPSA) is 3.24 Å². The van der Waals surface area contributed by atoms with Crippen LogP contribution in [0.25, 0.3) is 0 Å². The van der Waals surface area contributed by atoms with E-state index in [-0.39, 0.29) is 0 Å². The van der Waals surface area contributed by atoms with Crippen LogP contribution >= 0.6 is 15.9 Å². The molecule has 0 unspecified atom stereocenters. The summed E-state index contributed by atoms with van der Waals surface area (Å²) in [5.74, 6) is 0.858. The Kier molecular flexibility index (Phi) is 7.72. The van der Waals surface area contributed by atoms with Gasteiger partial charge in [-0.3, -0.25) is 4.90 Å². The Morgan fingerprint density at radius 2 is 1.81 bits per heavy atom. The van der Waals surface area contributed by atoms with Crippen molar-refractivity contribution in [1.82, 2.24) is 4.90 Å². The highest BCUT2D eigenvalue weighted by molar-refractivity contribution is 9.09. The molecule has 1 fully saturated rings. The second-order valence-electron chi connectivity index (χ2n) is 5.55. The second kappa shape index (κ2) is 8.52. The van der Waals surface area contributed by atoms with Crippen molar-refractivity contribution in [2.24, 2.45) is 5.92 Å². The molecule has 1 saturated carbocycles. The molecule has 0 heterocycles. The molecule has 0 aromatic rings. The summed E-state index contributed by atoms with van der Waals surface area (Å²) in [5.41, 5.74) is 0. The average molecular weight is 290 g/mol. The molecule has 1 aliphatic carbocycles. The monoisotopic (exact) mass is 289 g/mol.